The number of hydrogen-bond acceptors (Lipinski definition) is 2. The average molecular weight is 339 g/mol. The summed E-state index contributed by atoms with van der Waals surface area (Å²) in [5, 5.41) is 6.30. The van der Waals surface area contributed by atoms with Crippen molar-refractivity contribution in [2.75, 3.05) is 5.32 Å². The minimum Gasteiger partial charge on any atom is -0.325 e. The quantitative estimate of drug-likeness (QED) is 0.853. The molecule has 0 radical (unpaired) electrons. The number of halogens is 3. The minimum absolute atomic E-state index is 0.262. The fourth-order valence-electron chi connectivity index (χ4n) is 2.18. The van der Waals surface area contributed by atoms with E-state index in [1.807, 2.05) is 0 Å². The number of anilines is 1. The zero-order valence-electron chi connectivity index (χ0n) is 12.7. The highest BCUT2D eigenvalue weighted by molar-refractivity contribution is 6.30. The van der Waals surface area contributed by atoms with E-state index in [4.69, 9.17) is 11.6 Å². The summed E-state index contributed by atoms with van der Waals surface area (Å²) in [5.41, 5.74) is 0.922. The van der Waals surface area contributed by atoms with Crippen molar-refractivity contribution in [1.29, 1.82) is 0 Å². The van der Waals surface area contributed by atoms with Crippen molar-refractivity contribution < 1.29 is 13.6 Å². The number of carbonyl (C=O) groups is 1. The van der Waals surface area contributed by atoms with Crippen molar-refractivity contribution >= 4 is 23.2 Å². The zero-order valence-corrected chi connectivity index (χ0v) is 13.5. The first kappa shape index (κ1) is 17.4. The van der Waals surface area contributed by atoms with Crippen LogP contribution < -0.4 is 10.6 Å². The number of benzene rings is 2. The van der Waals surface area contributed by atoms with Gasteiger partial charge in [0.05, 0.1) is 6.04 Å². The van der Waals surface area contributed by atoms with Crippen molar-refractivity contribution in [2.24, 2.45) is 0 Å². The third-order valence-electron chi connectivity index (χ3n) is 3.43. The third kappa shape index (κ3) is 4.74. The lowest BCUT2D eigenvalue weighted by Gasteiger charge is -2.20. The van der Waals surface area contributed by atoms with Gasteiger partial charge in [0.1, 0.15) is 11.6 Å². The molecule has 0 spiro atoms. The predicted molar refractivity (Wildman–Crippen MR) is 87.5 cm³/mol. The van der Waals surface area contributed by atoms with Crippen LogP contribution in [0.4, 0.5) is 14.5 Å². The molecule has 0 aliphatic rings. The highest BCUT2D eigenvalue weighted by atomic mass is 35.5. The van der Waals surface area contributed by atoms with Crippen LogP contribution in [0.2, 0.25) is 5.02 Å². The van der Waals surface area contributed by atoms with Gasteiger partial charge < -0.3 is 5.32 Å². The Morgan fingerprint density at radius 2 is 1.74 bits per heavy atom. The molecular weight excluding hydrogens is 322 g/mol. The van der Waals surface area contributed by atoms with E-state index in [-0.39, 0.29) is 5.91 Å². The van der Waals surface area contributed by atoms with E-state index in [9.17, 15) is 13.6 Å². The van der Waals surface area contributed by atoms with Crippen molar-refractivity contribution in [1.82, 2.24) is 5.32 Å². The molecule has 0 aliphatic heterocycles. The molecule has 0 fully saturated rings. The largest absolute Gasteiger partial charge is 0.325 e. The lowest BCUT2D eigenvalue weighted by atomic mass is 10.1. The van der Waals surface area contributed by atoms with Gasteiger partial charge in [-0.1, -0.05) is 17.7 Å². The molecule has 0 saturated heterocycles. The highest BCUT2D eigenvalue weighted by Gasteiger charge is 2.18. The van der Waals surface area contributed by atoms with Crippen LogP contribution in [0.15, 0.2) is 42.5 Å². The SMILES string of the molecule is C[C@H](N[C@@H](C)c1ccc(F)cc1F)C(=O)Nc1ccc(Cl)cc1. The van der Waals surface area contributed by atoms with Gasteiger partial charge in [-0.15, -0.1) is 0 Å². The highest BCUT2D eigenvalue weighted by Crippen LogP contribution is 2.19. The molecule has 0 unspecified atom stereocenters. The van der Waals surface area contributed by atoms with E-state index in [2.05, 4.69) is 10.6 Å². The maximum absolute atomic E-state index is 13.7. The number of amides is 1. The standard InChI is InChI=1S/C17H17ClF2N2O/c1-10(15-8-5-13(19)9-16(15)20)21-11(2)17(23)22-14-6-3-12(18)4-7-14/h3-11,21H,1-2H3,(H,22,23)/t10-,11-/m0/s1. The Morgan fingerprint density at radius 1 is 1.09 bits per heavy atom. The number of nitrogens with one attached hydrogen (secondary N) is 2. The van der Waals surface area contributed by atoms with Gasteiger partial charge in [-0.3, -0.25) is 10.1 Å². The Hall–Kier alpha value is -1.98. The summed E-state index contributed by atoms with van der Waals surface area (Å²) < 4.78 is 26.7. The zero-order chi connectivity index (χ0) is 17.0. The summed E-state index contributed by atoms with van der Waals surface area (Å²) in [5.74, 6) is -1.54. The summed E-state index contributed by atoms with van der Waals surface area (Å²) in [4.78, 5) is 12.1. The molecule has 0 bridgehead atoms. The van der Waals surface area contributed by atoms with Crippen LogP contribution in [0.5, 0.6) is 0 Å². The van der Waals surface area contributed by atoms with E-state index < -0.39 is 23.7 Å². The Balaban J connectivity index is 1.98. The Labute approximate surface area is 138 Å². The Morgan fingerprint density at radius 3 is 2.35 bits per heavy atom. The molecule has 2 N–H and O–H groups in total. The molecule has 3 nitrogen and oxygen atoms in total. The van der Waals surface area contributed by atoms with Gasteiger partial charge in [-0.2, -0.15) is 0 Å². The Kier molecular flexibility index (Phi) is 5.69. The molecule has 2 aromatic carbocycles. The second-order valence-corrected chi connectivity index (χ2v) is 5.71. The molecule has 0 saturated carbocycles. The molecule has 23 heavy (non-hydrogen) atoms. The van der Waals surface area contributed by atoms with Gasteiger partial charge in [-0.25, -0.2) is 8.78 Å². The lowest BCUT2D eigenvalue weighted by Crippen LogP contribution is -2.39. The van der Waals surface area contributed by atoms with E-state index in [0.717, 1.165) is 6.07 Å². The van der Waals surface area contributed by atoms with Gasteiger partial charge in [-0.05, 0) is 44.2 Å². The number of hydrogen-bond donors (Lipinski definition) is 2. The van der Waals surface area contributed by atoms with Crippen molar-refractivity contribution in [3.05, 3.63) is 64.7 Å². The summed E-state index contributed by atoms with van der Waals surface area (Å²) in [6.45, 7) is 3.38. The first-order chi connectivity index (χ1) is 10.9. The second kappa shape index (κ2) is 7.53. The summed E-state index contributed by atoms with van der Waals surface area (Å²) >= 11 is 5.79. The molecule has 0 aromatic heterocycles. The predicted octanol–water partition coefficient (Wildman–Crippen LogP) is 4.30. The van der Waals surface area contributed by atoms with Crippen LogP contribution in [-0.4, -0.2) is 11.9 Å². The van der Waals surface area contributed by atoms with Gasteiger partial charge in [0.15, 0.2) is 0 Å². The first-order valence-corrected chi connectivity index (χ1v) is 7.52. The van der Waals surface area contributed by atoms with Crippen LogP contribution in [0, 0.1) is 11.6 Å². The normalized spacial score (nSPS) is 13.4. The molecule has 6 heteroatoms. The van der Waals surface area contributed by atoms with E-state index in [0.29, 0.717) is 16.3 Å². The molecular formula is C17H17ClF2N2O. The lowest BCUT2D eigenvalue weighted by molar-refractivity contribution is -0.117. The van der Waals surface area contributed by atoms with E-state index >= 15 is 0 Å². The van der Waals surface area contributed by atoms with Gasteiger partial charge in [0, 0.05) is 28.4 Å². The molecule has 1 amide bonds. The topological polar surface area (TPSA) is 41.1 Å². The average Bonchev–Trinajstić information content (AvgIpc) is 2.49. The molecule has 2 aromatic rings. The smallest absolute Gasteiger partial charge is 0.241 e. The maximum atomic E-state index is 13.7. The Bertz CT molecular complexity index is 691. The molecule has 0 aliphatic carbocycles. The minimum atomic E-state index is -0.643. The summed E-state index contributed by atoms with van der Waals surface area (Å²) in [6.07, 6.45) is 0. The second-order valence-electron chi connectivity index (χ2n) is 5.27. The van der Waals surface area contributed by atoms with E-state index in [1.54, 1.807) is 38.1 Å². The summed E-state index contributed by atoms with van der Waals surface area (Å²) in [7, 11) is 0. The first-order valence-electron chi connectivity index (χ1n) is 7.14. The third-order valence-corrected chi connectivity index (χ3v) is 3.69. The van der Waals surface area contributed by atoms with E-state index in [1.165, 1.54) is 12.1 Å². The van der Waals surface area contributed by atoms with Gasteiger partial charge in [0.25, 0.3) is 0 Å². The fraction of sp³-hybridized carbons (Fsp3) is 0.235. The van der Waals surface area contributed by atoms with Crippen molar-refractivity contribution in [3.8, 4) is 0 Å². The molecule has 2 atom stereocenters. The summed E-state index contributed by atoms with van der Waals surface area (Å²) in [6, 6.07) is 9.10. The van der Waals surface area contributed by atoms with Crippen LogP contribution in [0.3, 0.4) is 0 Å². The number of carbonyl (C=O) groups excluding carboxylic acids is 1. The fourth-order valence-corrected chi connectivity index (χ4v) is 2.30. The monoisotopic (exact) mass is 338 g/mol. The van der Waals surface area contributed by atoms with Crippen LogP contribution >= 0.6 is 11.6 Å². The van der Waals surface area contributed by atoms with Gasteiger partial charge in [0.2, 0.25) is 5.91 Å². The van der Waals surface area contributed by atoms with Crippen LogP contribution in [0.1, 0.15) is 25.5 Å². The van der Waals surface area contributed by atoms with Crippen LogP contribution in [0.25, 0.3) is 0 Å². The molecule has 2 rings (SSSR count). The van der Waals surface area contributed by atoms with Crippen molar-refractivity contribution in [3.63, 3.8) is 0 Å². The molecule has 0 heterocycles. The van der Waals surface area contributed by atoms with Crippen LogP contribution in [-0.2, 0) is 4.79 Å². The van der Waals surface area contributed by atoms with Gasteiger partial charge >= 0.3 is 0 Å². The van der Waals surface area contributed by atoms with Crippen molar-refractivity contribution in [2.45, 2.75) is 25.9 Å². The number of rotatable bonds is 5. The molecule has 122 valence electrons. The maximum Gasteiger partial charge on any atom is 0.241 e.